The maximum atomic E-state index is 12.8. The fourth-order valence-corrected chi connectivity index (χ4v) is 5.96. The summed E-state index contributed by atoms with van der Waals surface area (Å²) >= 11 is 0. The molecule has 4 aliphatic carbocycles. The molecule has 4 aliphatic rings. The van der Waals surface area contributed by atoms with Crippen LogP contribution in [-0.2, 0) is 0 Å². The van der Waals surface area contributed by atoms with E-state index in [0.29, 0.717) is 24.1 Å². The minimum Gasteiger partial charge on any atom is -0.345 e. The number of urea groups is 1. The summed E-state index contributed by atoms with van der Waals surface area (Å²) in [6, 6.07) is -0.0789. The van der Waals surface area contributed by atoms with Crippen LogP contribution in [0, 0.1) is 18.8 Å². The van der Waals surface area contributed by atoms with Gasteiger partial charge in [0.1, 0.15) is 5.69 Å². The second-order valence-corrected chi connectivity index (χ2v) is 8.90. The number of carbonyl (C=O) groups is 2. The van der Waals surface area contributed by atoms with E-state index in [1.807, 2.05) is 13.8 Å². The first-order valence-corrected chi connectivity index (χ1v) is 10.1. The maximum Gasteiger partial charge on any atom is 0.315 e. The molecular formula is C20H29N5O2. The normalized spacial score (nSPS) is 33.6. The van der Waals surface area contributed by atoms with Crippen LogP contribution >= 0.6 is 0 Å². The number of aromatic nitrogens is 2. The first-order valence-electron chi connectivity index (χ1n) is 10.1. The number of hydrogen-bond acceptors (Lipinski definition) is 4. The second-order valence-electron chi connectivity index (χ2n) is 8.90. The van der Waals surface area contributed by atoms with Crippen LogP contribution in [-0.4, -0.2) is 39.5 Å². The summed E-state index contributed by atoms with van der Waals surface area (Å²) in [5.74, 6) is 0.960. The van der Waals surface area contributed by atoms with Gasteiger partial charge in [0.15, 0.2) is 0 Å². The Balaban J connectivity index is 1.51. The Morgan fingerprint density at radius 3 is 2.41 bits per heavy atom. The van der Waals surface area contributed by atoms with Crippen LogP contribution in [0.15, 0.2) is 12.4 Å². The van der Waals surface area contributed by atoms with Crippen molar-refractivity contribution in [2.24, 2.45) is 11.8 Å². The average molecular weight is 371 g/mol. The molecule has 0 aliphatic heterocycles. The fraction of sp³-hybridized carbons (Fsp3) is 0.700. The van der Waals surface area contributed by atoms with Gasteiger partial charge in [0, 0.05) is 23.8 Å². The first kappa shape index (κ1) is 18.2. The van der Waals surface area contributed by atoms with E-state index in [0.717, 1.165) is 44.2 Å². The zero-order chi connectivity index (χ0) is 19.1. The molecule has 1 aromatic heterocycles. The van der Waals surface area contributed by atoms with E-state index >= 15 is 0 Å². The van der Waals surface area contributed by atoms with Gasteiger partial charge in [-0.2, -0.15) is 0 Å². The van der Waals surface area contributed by atoms with Crippen molar-refractivity contribution < 1.29 is 9.59 Å². The highest BCUT2D eigenvalue weighted by atomic mass is 16.2. The smallest absolute Gasteiger partial charge is 0.315 e. The SMILES string of the molecule is CCCNC(=O)NC12CC3CC(C1)CC(NC(=O)c1cncc(C)n1)(C3)C2. The number of carbonyl (C=O) groups excluding carboxylic acids is 2. The Bertz CT molecular complexity index is 736. The first-order chi connectivity index (χ1) is 12.9. The predicted octanol–water partition coefficient (Wildman–Crippen LogP) is 2.32. The average Bonchev–Trinajstić information content (AvgIpc) is 2.58. The van der Waals surface area contributed by atoms with E-state index in [1.54, 1.807) is 6.20 Å². The Morgan fingerprint density at radius 1 is 1.11 bits per heavy atom. The minimum absolute atomic E-state index is 0.0789. The van der Waals surface area contributed by atoms with Gasteiger partial charge in [-0.3, -0.25) is 9.78 Å². The molecule has 27 heavy (non-hydrogen) atoms. The lowest BCUT2D eigenvalue weighted by Gasteiger charge is -2.62. The van der Waals surface area contributed by atoms with Crippen molar-refractivity contribution in [2.75, 3.05) is 6.54 Å². The monoisotopic (exact) mass is 371 g/mol. The molecule has 1 aromatic rings. The zero-order valence-corrected chi connectivity index (χ0v) is 16.2. The van der Waals surface area contributed by atoms with E-state index < -0.39 is 0 Å². The molecule has 1 heterocycles. The number of nitrogens with one attached hydrogen (secondary N) is 3. The Kier molecular flexibility index (Phi) is 4.56. The molecule has 4 saturated carbocycles. The summed E-state index contributed by atoms with van der Waals surface area (Å²) in [6.07, 6.45) is 10.1. The van der Waals surface area contributed by atoms with E-state index in [-0.39, 0.29) is 23.0 Å². The highest BCUT2D eigenvalue weighted by molar-refractivity contribution is 5.92. The number of rotatable bonds is 5. The van der Waals surface area contributed by atoms with Gasteiger partial charge in [0.25, 0.3) is 5.91 Å². The van der Waals surface area contributed by atoms with Gasteiger partial charge >= 0.3 is 6.03 Å². The molecule has 4 fully saturated rings. The summed E-state index contributed by atoms with van der Waals surface area (Å²) in [4.78, 5) is 33.6. The molecule has 2 unspecified atom stereocenters. The van der Waals surface area contributed by atoms with Crippen molar-refractivity contribution in [1.29, 1.82) is 0 Å². The number of aryl methyl sites for hydroxylation is 1. The zero-order valence-electron chi connectivity index (χ0n) is 16.2. The van der Waals surface area contributed by atoms with E-state index in [4.69, 9.17) is 0 Å². The number of nitrogens with zero attached hydrogens (tertiary/aromatic N) is 2. The van der Waals surface area contributed by atoms with Gasteiger partial charge < -0.3 is 16.0 Å². The van der Waals surface area contributed by atoms with Crippen molar-refractivity contribution in [2.45, 2.75) is 69.9 Å². The van der Waals surface area contributed by atoms with Crippen molar-refractivity contribution >= 4 is 11.9 Å². The highest BCUT2D eigenvalue weighted by Gasteiger charge is 2.58. The van der Waals surface area contributed by atoms with Crippen LogP contribution in [0.25, 0.3) is 0 Å². The van der Waals surface area contributed by atoms with Gasteiger partial charge in [-0.1, -0.05) is 6.92 Å². The van der Waals surface area contributed by atoms with E-state index in [2.05, 4.69) is 25.9 Å². The molecule has 146 valence electrons. The third kappa shape index (κ3) is 3.64. The lowest BCUT2D eigenvalue weighted by atomic mass is 9.50. The van der Waals surface area contributed by atoms with Gasteiger partial charge in [-0.25, -0.2) is 9.78 Å². The molecule has 7 heteroatoms. The van der Waals surface area contributed by atoms with Gasteiger partial charge in [-0.15, -0.1) is 0 Å². The lowest BCUT2D eigenvalue weighted by molar-refractivity contribution is -0.0431. The Hall–Kier alpha value is -2.18. The van der Waals surface area contributed by atoms with E-state index in [9.17, 15) is 9.59 Å². The van der Waals surface area contributed by atoms with Crippen LogP contribution < -0.4 is 16.0 Å². The molecule has 7 nitrogen and oxygen atoms in total. The molecule has 5 rings (SSSR count). The third-order valence-electron chi connectivity index (χ3n) is 6.34. The van der Waals surface area contributed by atoms with Crippen LogP contribution in [0.3, 0.4) is 0 Å². The molecule has 2 atom stereocenters. The number of hydrogen-bond donors (Lipinski definition) is 3. The molecule has 0 saturated heterocycles. The van der Waals surface area contributed by atoms with Crippen molar-refractivity contribution in [3.8, 4) is 0 Å². The van der Waals surface area contributed by atoms with Crippen LogP contribution in [0.1, 0.15) is 68.1 Å². The second kappa shape index (κ2) is 6.77. The van der Waals surface area contributed by atoms with E-state index in [1.165, 1.54) is 12.6 Å². The molecule has 0 radical (unpaired) electrons. The molecule has 0 aromatic carbocycles. The summed E-state index contributed by atoms with van der Waals surface area (Å²) < 4.78 is 0. The quantitative estimate of drug-likeness (QED) is 0.740. The lowest BCUT2D eigenvalue weighted by Crippen LogP contribution is -2.70. The van der Waals surface area contributed by atoms with Crippen LogP contribution in [0.5, 0.6) is 0 Å². The summed E-state index contributed by atoms with van der Waals surface area (Å²) in [5, 5.41) is 9.51. The van der Waals surface area contributed by atoms with Crippen molar-refractivity contribution in [1.82, 2.24) is 25.9 Å². The topological polar surface area (TPSA) is 96.0 Å². The molecule has 0 spiro atoms. The fourth-order valence-electron chi connectivity index (χ4n) is 5.96. The largest absolute Gasteiger partial charge is 0.345 e. The van der Waals surface area contributed by atoms with Crippen LogP contribution in [0.2, 0.25) is 0 Å². The Labute approximate surface area is 160 Å². The molecule has 3 N–H and O–H groups in total. The van der Waals surface area contributed by atoms with Gasteiger partial charge in [-0.05, 0) is 63.7 Å². The highest BCUT2D eigenvalue weighted by Crippen LogP contribution is 2.57. The van der Waals surface area contributed by atoms with Crippen molar-refractivity contribution in [3.63, 3.8) is 0 Å². The molecular weight excluding hydrogens is 342 g/mol. The molecule has 4 bridgehead atoms. The van der Waals surface area contributed by atoms with Crippen LogP contribution in [0.4, 0.5) is 4.79 Å². The Morgan fingerprint density at radius 2 is 1.78 bits per heavy atom. The minimum atomic E-state index is -0.245. The molecule has 3 amide bonds. The summed E-state index contributed by atoms with van der Waals surface area (Å²) in [7, 11) is 0. The van der Waals surface area contributed by atoms with Gasteiger partial charge in [0.2, 0.25) is 0 Å². The van der Waals surface area contributed by atoms with Crippen molar-refractivity contribution in [3.05, 3.63) is 23.8 Å². The third-order valence-corrected chi connectivity index (χ3v) is 6.34. The summed E-state index contributed by atoms with van der Waals surface area (Å²) in [6.45, 7) is 4.56. The predicted molar refractivity (Wildman–Crippen MR) is 101 cm³/mol. The van der Waals surface area contributed by atoms with Gasteiger partial charge in [0.05, 0.1) is 11.9 Å². The number of amides is 3. The maximum absolute atomic E-state index is 12.8. The standard InChI is InChI=1S/C20H29N5O2/c1-3-4-22-18(27)25-20-8-14-5-15(9-20)7-19(6-14,12-20)24-17(26)16-11-21-10-13(2)23-16/h10-11,14-15H,3-9,12H2,1-2H3,(H,24,26)(H2,22,25,27). The summed E-state index contributed by atoms with van der Waals surface area (Å²) in [5.41, 5.74) is 0.658.